The van der Waals surface area contributed by atoms with Gasteiger partial charge in [-0.3, -0.25) is 9.40 Å². The zero-order valence-corrected chi connectivity index (χ0v) is 12.9. The first kappa shape index (κ1) is 15.6. The fraction of sp³-hybridized carbons (Fsp3) is 0.0909. The molecular formula is C11H9Cl2N3O4S. The van der Waals surface area contributed by atoms with Crippen molar-refractivity contribution in [3.05, 3.63) is 40.0 Å². The van der Waals surface area contributed by atoms with Gasteiger partial charge in [-0.25, -0.2) is 13.2 Å². The number of hydrogen-bond acceptors (Lipinski definition) is 4. The van der Waals surface area contributed by atoms with Crippen LogP contribution in [0.15, 0.2) is 29.3 Å². The van der Waals surface area contributed by atoms with E-state index in [1.165, 1.54) is 25.2 Å². The maximum absolute atomic E-state index is 12.3. The minimum atomic E-state index is -4.05. The van der Waals surface area contributed by atoms with E-state index in [9.17, 15) is 13.2 Å². The second-order valence-corrected chi connectivity index (χ2v) is 6.60. The lowest BCUT2D eigenvalue weighted by atomic mass is 10.3. The largest absolute Gasteiger partial charge is 0.477 e. The molecular weight excluding hydrogens is 341 g/mol. The van der Waals surface area contributed by atoms with Gasteiger partial charge in [-0.15, -0.1) is 0 Å². The van der Waals surface area contributed by atoms with Gasteiger partial charge >= 0.3 is 5.97 Å². The van der Waals surface area contributed by atoms with Gasteiger partial charge in [-0.1, -0.05) is 23.2 Å². The second kappa shape index (κ2) is 5.55. The summed E-state index contributed by atoms with van der Waals surface area (Å²) in [6.07, 6.45) is 1.05. The van der Waals surface area contributed by atoms with Crippen LogP contribution in [0.4, 0.5) is 5.82 Å². The molecule has 7 nitrogen and oxygen atoms in total. The van der Waals surface area contributed by atoms with E-state index in [1.54, 1.807) is 0 Å². The highest BCUT2D eigenvalue weighted by Gasteiger charge is 2.22. The zero-order valence-electron chi connectivity index (χ0n) is 10.5. The summed E-state index contributed by atoms with van der Waals surface area (Å²) in [7, 11) is -2.64. The third-order valence-corrected chi connectivity index (χ3v) is 4.30. The van der Waals surface area contributed by atoms with E-state index >= 15 is 0 Å². The highest BCUT2D eigenvalue weighted by molar-refractivity contribution is 7.92. The molecule has 2 rings (SSSR count). The van der Waals surface area contributed by atoms with Crippen LogP contribution in [-0.4, -0.2) is 29.3 Å². The number of carboxylic acids is 1. The van der Waals surface area contributed by atoms with Crippen molar-refractivity contribution in [1.82, 2.24) is 9.78 Å². The minimum Gasteiger partial charge on any atom is -0.477 e. The van der Waals surface area contributed by atoms with Crippen molar-refractivity contribution in [3.8, 4) is 0 Å². The Bertz CT molecular complexity index is 797. The molecule has 112 valence electrons. The summed E-state index contributed by atoms with van der Waals surface area (Å²) in [5.41, 5.74) is -0.269. The van der Waals surface area contributed by atoms with Crippen LogP contribution in [0, 0.1) is 0 Å². The summed E-state index contributed by atoms with van der Waals surface area (Å²) in [6.45, 7) is 0. The third-order valence-electron chi connectivity index (χ3n) is 2.55. The summed E-state index contributed by atoms with van der Waals surface area (Å²) >= 11 is 11.5. The van der Waals surface area contributed by atoms with E-state index < -0.39 is 16.0 Å². The Labute approximate surface area is 130 Å². The number of nitrogens with one attached hydrogen (secondary N) is 1. The number of aryl methyl sites for hydroxylation is 1. The Balaban J connectivity index is 2.47. The maximum atomic E-state index is 12.3. The van der Waals surface area contributed by atoms with Crippen LogP contribution in [0.1, 0.15) is 10.4 Å². The van der Waals surface area contributed by atoms with E-state index in [0.29, 0.717) is 0 Å². The lowest BCUT2D eigenvalue weighted by Crippen LogP contribution is -2.17. The van der Waals surface area contributed by atoms with Gasteiger partial charge in [0.1, 0.15) is 5.56 Å². The Kier molecular flexibility index (Phi) is 4.13. The molecule has 0 atom stereocenters. The highest BCUT2D eigenvalue weighted by atomic mass is 35.5. The van der Waals surface area contributed by atoms with Crippen molar-refractivity contribution in [2.45, 2.75) is 4.90 Å². The van der Waals surface area contributed by atoms with Crippen molar-refractivity contribution in [2.75, 3.05) is 4.72 Å². The molecule has 10 heteroatoms. The first-order valence-corrected chi connectivity index (χ1v) is 7.69. The summed E-state index contributed by atoms with van der Waals surface area (Å²) < 4.78 is 27.8. The summed E-state index contributed by atoms with van der Waals surface area (Å²) in [5.74, 6) is -1.47. The van der Waals surface area contributed by atoms with Crippen molar-refractivity contribution in [3.63, 3.8) is 0 Å². The van der Waals surface area contributed by atoms with E-state index in [1.807, 2.05) is 0 Å². The van der Waals surface area contributed by atoms with Gasteiger partial charge in [0.2, 0.25) is 0 Å². The molecule has 2 N–H and O–H groups in total. The second-order valence-electron chi connectivity index (χ2n) is 4.05. The molecule has 0 aliphatic carbocycles. The van der Waals surface area contributed by atoms with Crippen molar-refractivity contribution >= 4 is 45.0 Å². The molecule has 2 aromatic rings. The molecule has 1 aromatic carbocycles. The van der Waals surface area contributed by atoms with E-state index in [4.69, 9.17) is 28.3 Å². The number of benzene rings is 1. The van der Waals surface area contributed by atoms with Crippen LogP contribution in [0.2, 0.25) is 10.0 Å². The highest BCUT2D eigenvalue weighted by Crippen LogP contribution is 2.25. The van der Waals surface area contributed by atoms with E-state index in [-0.39, 0.29) is 26.3 Å². The molecule has 0 bridgehead atoms. The zero-order chi connectivity index (χ0) is 15.8. The average molecular weight is 350 g/mol. The Morgan fingerprint density at radius 3 is 2.38 bits per heavy atom. The molecule has 0 radical (unpaired) electrons. The predicted molar refractivity (Wildman–Crippen MR) is 77.4 cm³/mol. The van der Waals surface area contributed by atoms with Crippen LogP contribution in [0.25, 0.3) is 0 Å². The summed E-state index contributed by atoms with van der Waals surface area (Å²) in [5, 5.41) is 13.0. The lowest BCUT2D eigenvalue weighted by Gasteiger charge is -2.10. The normalized spacial score (nSPS) is 11.4. The van der Waals surface area contributed by atoms with E-state index in [0.717, 1.165) is 10.9 Å². The fourth-order valence-electron chi connectivity index (χ4n) is 1.58. The Morgan fingerprint density at radius 2 is 1.86 bits per heavy atom. The number of anilines is 1. The van der Waals surface area contributed by atoms with Crippen LogP contribution in [0.5, 0.6) is 0 Å². The van der Waals surface area contributed by atoms with Gasteiger partial charge in [0.05, 0.1) is 11.1 Å². The minimum absolute atomic E-state index is 0.145. The van der Waals surface area contributed by atoms with Crippen LogP contribution < -0.4 is 4.72 Å². The number of aromatic carboxylic acids is 1. The van der Waals surface area contributed by atoms with Crippen LogP contribution in [0.3, 0.4) is 0 Å². The van der Waals surface area contributed by atoms with Crippen LogP contribution >= 0.6 is 23.2 Å². The molecule has 0 saturated heterocycles. The first-order chi connectivity index (χ1) is 9.70. The van der Waals surface area contributed by atoms with Gasteiger partial charge in [-0.05, 0) is 18.2 Å². The quantitative estimate of drug-likeness (QED) is 0.881. The molecule has 1 aromatic heterocycles. The molecule has 0 aliphatic heterocycles. The topological polar surface area (TPSA) is 101 Å². The SMILES string of the molecule is Cn1ncc(C(=O)O)c1NS(=O)(=O)c1cc(Cl)cc(Cl)c1. The standard InChI is InChI=1S/C11H9Cl2N3O4S/c1-16-10(9(5-14-16)11(17)18)15-21(19,20)8-3-6(12)2-7(13)4-8/h2-5,15H,1H3,(H,17,18). The van der Waals surface area contributed by atoms with E-state index in [2.05, 4.69) is 9.82 Å². The smallest absolute Gasteiger partial charge is 0.341 e. The average Bonchev–Trinajstić information content (AvgIpc) is 2.69. The lowest BCUT2D eigenvalue weighted by molar-refractivity contribution is 0.0698. The Morgan fingerprint density at radius 1 is 1.29 bits per heavy atom. The molecule has 0 aliphatic rings. The predicted octanol–water partition coefficient (Wildman–Crippen LogP) is 2.23. The number of sulfonamides is 1. The molecule has 0 amide bonds. The number of carbonyl (C=O) groups is 1. The van der Waals surface area contributed by atoms with Crippen molar-refractivity contribution in [2.24, 2.45) is 7.05 Å². The third kappa shape index (κ3) is 3.29. The number of hydrogen-bond donors (Lipinski definition) is 2. The number of aromatic nitrogens is 2. The molecule has 0 spiro atoms. The van der Waals surface area contributed by atoms with Crippen molar-refractivity contribution in [1.29, 1.82) is 0 Å². The number of halogens is 2. The number of carboxylic acid groups (broad SMARTS) is 1. The number of nitrogens with zero attached hydrogens (tertiary/aromatic N) is 2. The number of rotatable bonds is 4. The molecule has 1 heterocycles. The van der Waals surface area contributed by atoms with Gasteiger partial charge in [0.15, 0.2) is 5.82 Å². The molecule has 0 unspecified atom stereocenters. The summed E-state index contributed by atoms with van der Waals surface area (Å²) in [6, 6.07) is 3.79. The molecule has 0 fully saturated rings. The molecule has 0 saturated carbocycles. The van der Waals surface area contributed by atoms with Gasteiger partial charge in [-0.2, -0.15) is 5.10 Å². The van der Waals surface area contributed by atoms with Gasteiger partial charge in [0.25, 0.3) is 10.0 Å². The van der Waals surface area contributed by atoms with Gasteiger partial charge in [0, 0.05) is 17.1 Å². The summed E-state index contributed by atoms with van der Waals surface area (Å²) in [4.78, 5) is 10.9. The van der Waals surface area contributed by atoms with Crippen LogP contribution in [-0.2, 0) is 17.1 Å². The monoisotopic (exact) mass is 349 g/mol. The Hall–Kier alpha value is -1.77. The molecule has 21 heavy (non-hydrogen) atoms. The first-order valence-electron chi connectivity index (χ1n) is 5.45. The van der Waals surface area contributed by atoms with Gasteiger partial charge < -0.3 is 5.11 Å². The fourth-order valence-corrected chi connectivity index (χ4v) is 3.42. The van der Waals surface area contributed by atoms with Crippen molar-refractivity contribution < 1.29 is 18.3 Å². The maximum Gasteiger partial charge on any atom is 0.341 e.